The Bertz CT molecular complexity index is 1410. The van der Waals surface area contributed by atoms with Gasteiger partial charge in [0.1, 0.15) is 12.6 Å². The highest BCUT2D eigenvalue weighted by molar-refractivity contribution is 7.92. The highest BCUT2D eigenvalue weighted by atomic mass is 35.5. The highest BCUT2D eigenvalue weighted by Gasteiger charge is 2.34. The summed E-state index contributed by atoms with van der Waals surface area (Å²) in [6, 6.07) is 16.7. The molecule has 0 radical (unpaired) electrons. The average molecular weight is 579 g/mol. The second kappa shape index (κ2) is 11.9. The SMILES string of the molecule is CCC(C(=O)NC(C)(C)C)N(Cc1c(Cl)cccc1Cl)C(=O)CN(c1cccc2ccccc12)S(C)(=O)=O. The number of carbonyl (C=O) groups excluding carboxylic acids is 2. The first kappa shape index (κ1) is 29.7. The van der Waals surface area contributed by atoms with Crippen molar-refractivity contribution < 1.29 is 18.0 Å². The number of benzene rings is 3. The first-order chi connectivity index (χ1) is 17.7. The zero-order chi connectivity index (χ0) is 28.3. The van der Waals surface area contributed by atoms with Crippen LogP contribution in [0.3, 0.4) is 0 Å². The summed E-state index contributed by atoms with van der Waals surface area (Å²) in [6.45, 7) is 6.76. The number of hydrogen-bond donors (Lipinski definition) is 1. The van der Waals surface area contributed by atoms with Crippen LogP contribution in [0.1, 0.15) is 39.7 Å². The van der Waals surface area contributed by atoms with Crippen LogP contribution in [0.5, 0.6) is 0 Å². The second-order valence-corrected chi connectivity index (χ2v) is 12.9. The zero-order valence-corrected chi connectivity index (χ0v) is 24.5. The van der Waals surface area contributed by atoms with Crippen LogP contribution in [-0.2, 0) is 26.2 Å². The zero-order valence-electron chi connectivity index (χ0n) is 22.2. The third-order valence-electron chi connectivity index (χ3n) is 5.99. The number of carbonyl (C=O) groups is 2. The minimum absolute atomic E-state index is 0.0689. The van der Waals surface area contributed by atoms with Crippen molar-refractivity contribution in [1.29, 1.82) is 0 Å². The molecular weight excluding hydrogens is 545 g/mol. The van der Waals surface area contributed by atoms with Crippen LogP contribution in [0, 0.1) is 0 Å². The van der Waals surface area contributed by atoms with Crippen molar-refractivity contribution in [3.05, 3.63) is 76.3 Å². The van der Waals surface area contributed by atoms with Crippen molar-refractivity contribution in [3.63, 3.8) is 0 Å². The Hall–Kier alpha value is -2.81. The molecule has 0 heterocycles. The van der Waals surface area contributed by atoms with Gasteiger partial charge >= 0.3 is 0 Å². The molecule has 7 nitrogen and oxygen atoms in total. The van der Waals surface area contributed by atoms with Gasteiger partial charge in [-0.3, -0.25) is 13.9 Å². The first-order valence-electron chi connectivity index (χ1n) is 12.2. The fourth-order valence-electron chi connectivity index (χ4n) is 4.25. The summed E-state index contributed by atoms with van der Waals surface area (Å²) in [5, 5.41) is 5.14. The fourth-order valence-corrected chi connectivity index (χ4v) is 5.63. The van der Waals surface area contributed by atoms with E-state index in [0.29, 0.717) is 33.1 Å². The number of anilines is 1. The van der Waals surface area contributed by atoms with E-state index in [1.54, 1.807) is 43.3 Å². The molecule has 38 heavy (non-hydrogen) atoms. The predicted molar refractivity (Wildman–Crippen MR) is 155 cm³/mol. The Balaban J connectivity index is 2.08. The van der Waals surface area contributed by atoms with Crippen LogP contribution in [0.4, 0.5) is 5.69 Å². The summed E-state index contributed by atoms with van der Waals surface area (Å²) in [5.41, 5.74) is 0.312. The molecule has 3 rings (SSSR count). The minimum atomic E-state index is -3.88. The molecule has 0 aliphatic carbocycles. The maximum Gasteiger partial charge on any atom is 0.244 e. The number of sulfonamides is 1. The van der Waals surface area contributed by atoms with Crippen LogP contribution in [0.2, 0.25) is 10.0 Å². The molecule has 1 atom stereocenters. The Morgan fingerprint density at radius 1 is 0.947 bits per heavy atom. The van der Waals surface area contributed by atoms with Crippen LogP contribution < -0.4 is 9.62 Å². The topological polar surface area (TPSA) is 86.8 Å². The van der Waals surface area contributed by atoms with E-state index >= 15 is 0 Å². The van der Waals surface area contributed by atoms with Crippen molar-refractivity contribution in [2.45, 2.75) is 52.2 Å². The van der Waals surface area contributed by atoms with Crippen LogP contribution in [-0.4, -0.2) is 49.5 Å². The second-order valence-electron chi connectivity index (χ2n) is 10.2. The summed E-state index contributed by atoms with van der Waals surface area (Å²) in [7, 11) is -3.88. The number of fused-ring (bicyclic) bond motifs is 1. The molecular formula is C28H33Cl2N3O4S. The van der Waals surface area contributed by atoms with Gasteiger partial charge in [0.25, 0.3) is 0 Å². The maximum atomic E-state index is 14.0. The lowest BCUT2D eigenvalue weighted by Crippen LogP contribution is -2.55. The normalized spacial score (nSPS) is 12.7. The van der Waals surface area contributed by atoms with E-state index in [2.05, 4.69) is 5.32 Å². The molecule has 0 saturated heterocycles. The maximum absolute atomic E-state index is 14.0. The van der Waals surface area contributed by atoms with E-state index in [1.807, 2.05) is 45.0 Å². The lowest BCUT2D eigenvalue weighted by atomic mass is 10.1. The van der Waals surface area contributed by atoms with Gasteiger partial charge in [-0.25, -0.2) is 8.42 Å². The van der Waals surface area contributed by atoms with Crippen LogP contribution >= 0.6 is 23.2 Å². The summed E-state index contributed by atoms with van der Waals surface area (Å²) in [4.78, 5) is 28.6. The number of halogens is 2. The number of rotatable bonds is 9. The van der Waals surface area contributed by atoms with E-state index in [9.17, 15) is 18.0 Å². The van der Waals surface area contributed by atoms with Gasteiger partial charge in [-0.1, -0.05) is 72.6 Å². The Morgan fingerprint density at radius 2 is 1.53 bits per heavy atom. The van der Waals surface area contributed by atoms with E-state index in [4.69, 9.17) is 23.2 Å². The van der Waals surface area contributed by atoms with Gasteiger partial charge in [-0.05, 0) is 50.8 Å². The van der Waals surface area contributed by atoms with E-state index in [0.717, 1.165) is 15.9 Å². The minimum Gasteiger partial charge on any atom is -0.350 e. The Morgan fingerprint density at radius 3 is 2.11 bits per heavy atom. The Kier molecular flexibility index (Phi) is 9.34. The molecule has 1 unspecified atom stereocenters. The lowest BCUT2D eigenvalue weighted by molar-refractivity contribution is -0.141. The molecule has 0 aromatic heterocycles. The van der Waals surface area contributed by atoms with E-state index in [-0.39, 0.29) is 12.5 Å². The molecule has 0 spiro atoms. The molecule has 0 saturated carbocycles. The van der Waals surface area contributed by atoms with Gasteiger partial charge in [-0.15, -0.1) is 0 Å². The van der Waals surface area contributed by atoms with Gasteiger partial charge in [0.15, 0.2) is 0 Å². The molecule has 0 aliphatic heterocycles. The lowest BCUT2D eigenvalue weighted by Gasteiger charge is -2.35. The molecule has 3 aromatic rings. The monoisotopic (exact) mass is 577 g/mol. The summed E-state index contributed by atoms with van der Waals surface area (Å²) in [6.07, 6.45) is 1.35. The largest absolute Gasteiger partial charge is 0.350 e. The van der Waals surface area contributed by atoms with Crippen LogP contribution in [0.25, 0.3) is 10.8 Å². The molecule has 0 fully saturated rings. The standard InChI is InChI=1S/C28H33Cl2N3O4S/c1-6-24(27(35)31-28(2,3)4)32(17-21-22(29)14-10-15-23(21)30)26(34)18-33(38(5,36)37)25-16-9-12-19-11-7-8-13-20(19)25/h7-16,24H,6,17-18H2,1-5H3,(H,31,35). The number of amides is 2. The first-order valence-corrected chi connectivity index (χ1v) is 14.8. The summed E-state index contributed by atoms with van der Waals surface area (Å²) >= 11 is 12.8. The van der Waals surface area contributed by atoms with Crippen molar-refractivity contribution in [3.8, 4) is 0 Å². The van der Waals surface area contributed by atoms with Gasteiger partial charge < -0.3 is 10.2 Å². The fraction of sp³-hybridized carbons (Fsp3) is 0.357. The summed E-state index contributed by atoms with van der Waals surface area (Å²) < 4.78 is 27.1. The van der Waals surface area contributed by atoms with Crippen molar-refractivity contribution in [1.82, 2.24) is 10.2 Å². The Labute approximate surface area is 234 Å². The van der Waals surface area contributed by atoms with Gasteiger partial charge in [0.05, 0.1) is 11.9 Å². The van der Waals surface area contributed by atoms with E-state index in [1.165, 1.54) is 4.90 Å². The molecule has 10 heteroatoms. The van der Waals surface area contributed by atoms with Crippen molar-refractivity contribution in [2.24, 2.45) is 0 Å². The smallest absolute Gasteiger partial charge is 0.244 e. The highest BCUT2D eigenvalue weighted by Crippen LogP contribution is 2.30. The molecule has 0 aliphatic rings. The predicted octanol–water partition coefficient (Wildman–Crippen LogP) is 5.63. The van der Waals surface area contributed by atoms with Gasteiger partial charge in [0, 0.05) is 33.1 Å². The quantitative estimate of drug-likeness (QED) is 0.357. The molecule has 204 valence electrons. The molecule has 0 bridgehead atoms. The van der Waals surface area contributed by atoms with Gasteiger partial charge in [-0.2, -0.15) is 0 Å². The number of hydrogen-bond acceptors (Lipinski definition) is 4. The average Bonchev–Trinajstić information content (AvgIpc) is 2.82. The van der Waals surface area contributed by atoms with Crippen molar-refractivity contribution >= 4 is 61.5 Å². The van der Waals surface area contributed by atoms with E-state index < -0.39 is 34.1 Å². The van der Waals surface area contributed by atoms with Crippen molar-refractivity contribution in [2.75, 3.05) is 17.1 Å². The third kappa shape index (κ3) is 7.18. The number of nitrogens with one attached hydrogen (secondary N) is 1. The van der Waals surface area contributed by atoms with Crippen LogP contribution in [0.15, 0.2) is 60.7 Å². The molecule has 2 amide bonds. The molecule has 3 aromatic carbocycles. The van der Waals surface area contributed by atoms with Gasteiger partial charge in [0.2, 0.25) is 21.8 Å². The molecule has 1 N–H and O–H groups in total. The number of nitrogens with zero attached hydrogens (tertiary/aromatic N) is 2. The summed E-state index contributed by atoms with van der Waals surface area (Å²) in [5.74, 6) is -0.914. The third-order valence-corrected chi connectivity index (χ3v) is 7.82.